The molecule has 0 aromatic rings. The summed E-state index contributed by atoms with van der Waals surface area (Å²) in [6.45, 7) is 1.14. The molecule has 0 spiro atoms. The highest BCUT2D eigenvalue weighted by molar-refractivity contribution is 5.79. The minimum Gasteiger partial charge on any atom is -0.461 e. The quantitative estimate of drug-likeness (QED) is 0.729. The smallest absolute Gasteiger partial charge is 0.338 e. The van der Waals surface area contributed by atoms with Crippen molar-refractivity contribution in [1.82, 2.24) is 0 Å². The average Bonchev–Trinajstić information content (AvgIpc) is 2.30. The maximum Gasteiger partial charge on any atom is 0.338 e. The number of hydrogen-bond acceptors (Lipinski definition) is 4. The van der Waals surface area contributed by atoms with Gasteiger partial charge in [0.15, 0.2) is 5.60 Å². The van der Waals surface area contributed by atoms with E-state index in [1.54, 1.807) is 0 Å². The molecule has 1 heterocycles. The van der Waals surface area contributed by atoms with E-state index in [1.165, 1.54) is 19.3 Å². The number of carbonyl (C=O) groups excluding carboxylic acids is 1. The molecule has 0 aromatic heterocycles. The molecule has 1 unspecified atom stereocenters. The van der Waals surface area contributed by atoms with Crippen LogP contribution in [-0.4, -0.2) is 36.5 Å². The Morgan fingerprint density at radius 1 is 1.00 bits per heavy atom. The summed E-state index contributed by atoms with van der Waals surface area (Å²) in [6, 6.07) is 0. The highest BCUT2D eigenvalue weighted by atomic mass is 16.6. The van der Waals surface area contributed by atoms with Crippen molar-refractivity contribution in [3.8, 4) is 0 Å². The molecule has 1 N–H and O–H groups in total. The second-order valence-electron chi connectivity index (χ2n) is 5.46. The highest BCUT2D eigenvalue weighted by Crippen LogP contribution is 2.34. The molecule has 1 saturated carbocycles. The molecule has 18 heavy (non-hydrogen) atoms. The van der Waals surface area contributed by atoms with E-state index in [-0.39, 0.29) is 12.5 Å². The summed E-state index contributed by atoms with van der Waals surface area (Å²) in [7, 11) is 0. The number of aliphatic hydroxyl groups is 1. The number of ether oxygens (including phenoxy) is 2. The van der Waals surface area contributed by atoms with Crippen LogP contribution in [0.15, 0.2) is 0 Å². The standard InChI is InChI=1S/C14H24O4/c15-13-14(16,8-9-17-10-11-18-13)12-6-4-2-1-3-5-7-12/h12,16H,1-11H2. The monoisotopic (exact) mass is 256 g/mol. The topological polar surface area (TPSA) is 55.8 Å². The van der Waals surface area contributed by atoms with Crippen LogP contribution < -0.4 is 0 Å². The van der Waals surface area contributed by atoms with Crippen LogP contribution >= 0.6 is 0 Å². The van der Waals surface area contributed by atoms with E-state index in [2.05, 4.69) is 0 Å². The van der Waals surface area contributed by atoms with E-state index in [4.69, 9.17) is 9.47 Å². The van der Waals surface area contributed by atoms with E-state index in [0.717, 1.165) is 25.7 Å². The van der Waals surface area contributed by atoms with Crippen molar-refractivity contribution in [1.29, 1.82) is 0 Å². The minimum absolute atomic E-state index is 0.0343. The van der Waals surface area contributed by atoms with Gasteiger partial charge in [0.05, 0.1) is 13.2 Å². The molecule has 1 saturated heterocycles. The van der Waals surface area contributed by atoms with Gasteiger partial charge in [-0.2, -0.15) is 0 Å². The van der Waals surface area contributed by atoms with Gasteiger partial charge in [-0.15, -0.1) is 0 Å². The van der Waals surface area contributed by atoms with Gasteiger partial charge in [0.1, 0.15) is 6.61 Å². The third kappa shape index (κ3) is 3.23. The largest absolute Gasteiger partial charge is 0.461 e. The molecule has 0 bridgehead atoms. The molecular weight excluding hydrogens is 232 g/mol. The van der Waals surface area contributed by atoms with Crippen LogP contribution in [-0.2, 0) is 14.3 Å². The van der Waals surface area contributed by atoms with Gasteiger partial charge in [-0.25, -0.2) is 4.79 Å². The van der Waals surface area contributed by atoms with E-state index >= 15 is 0 Å². The van der Waals surface area contributed by atoms with Crippen LogP contribution in [0.25, 0.3) is 0 Å². The first-order valence-corrected chi connectivity index (χ1v) is 7.21. The van der Waals surface area contributed by atoms with Gasteiger partial charge in [0.2, 0.25) is 0 Å². The third-order valence-corrected chi connectivity index (χ3v) is 4.22. The Bertz CT molecular complexity index is 271. The second-order valence-corrected chi connectivity index (χ2v) is 5.46. The Balaban J connectivity index is 2.06. The first-order chi connectivity index (χ1) is 8.73. The van der Waals surface area contributed by atoms with Gasteiger partial charge in [-0.3, -0.25) is 0 Å². The molecule has 2 aliphatic rings. The number of cyclic esters (lactones) is 1. The Kier molecular flexibility index (Phi) is 5.01. The van der Waals surface area contributed by atoms with Crippen LogP contribution in [0.5, 0.6) is 0 Å². The zero-order chi connectivity index (χ0) is 12.8. The summed E-state index contributed by atoms with van der Waals surface area (Å²) in [6.07, 6.45) is 8.10. The maximum absolute atomic E-state index is 12.1. The van der Waals surface area contributed by atoms with E-state index in [0.29, 0.717) is 19.6 Å². The van der Waals surface area contributed by atoms with Crippen molar-refractivity contribution in [2.45, 2.75) is 57.0 Å². The Labute approximate surface area is 109 Å². The molecule has 1 aliphatic carbocycles. The summed E-state index contributed by atoms with van der Waals surface area (Å²) < 4.78 is 10.4. The van der Waals surface area contributed by atoms with Crippen molar-refractivity contribution in [2.75, 3.05) is 19.8 Å². The summed E-state index contributed by atoms with van der Waals surface area (Å²) >= 11 is 0. The summed E-state index contributed by atoms with van der Waals surface area (Å²) in [5.41, 5.74) is -1.32. The summed E-state index contributed by atoms with van der Waals surface area (Å²) in [5, 5.41) is 10.7. The van der Waals surface area contributed by atoms with Gasteiger partial charge in [-0.1, -0.05) is 32.1 Å². The fourth-order valence-corrected chi connectivity index (χ4v) is 3.05. The normalized spacial score (nSPS) is 32.8. The molecule has 1 atom stereocenters. The molecule has 4 heteroatoms. The third-order valence-electron chi connectivity index (χ3n) is 4.22. The molecule has 0 aromatic carbocycles. The first-order valence-electron chi connectivity index (χ1n) is 7.21. The SMILES string of the molecule is O=C1OCCOCCC1(O)C1CCCCCCC1. The van der Waals surface area contributed by atoms with Gasteiger partial charge >= 0.3 is 5.97 Å². The summed E-state index contributed by atoms with van der Waals surface area (Å²) in [4.78, 5) is 12.1. The molecule has 104 valence electrons. The van der Waals surface area contributed by atoms with Crippen LogP contribution in [0.4, 0.5) is 0 Å². The fourth-order valence-electron chi connectivity index (χ4n) is 3.05. The number of hydrogen-bond donors (Lipinski definition) is 1. The number of rotatable bonds is 1. The predicted molar refractivity (Wildman–Crippen MR) is 67.2 cm³/mol. The molecule has 1 aliphatic heterocycles. The van der Waals surface area contributed by atoms with Gasteiger partial charge in [-0.05, 0) is 18.8 Å². The molecule has 0 amide bonds. The summed E-state index contributed by atoms with van der Waals surface area (Å²) in [5.74, 6) is -0.400. The van der Waals surface area contributed by atoms with E-state index < -0.39 is 11.6 Å². The Morgan fingerprint density at radius 3 is 2.39 bits per heavy atom. The molecular formula is C14H24O4. The zero-order valence-electron chi connectivity index (χ0n) is 11.0. The molecule has 4 nitrogen and oxygen atoms in total. The Morgan fingerprint density at radius 2 is 1.67 bits per heavy atom. The first kappa shape index (κ1) is 13.8. The van der Waals surface area contributed by atoms with E-state index in [1.807, 2.05) is 0 Å². The zero-order valence-corrected chi connectivity index (χ0v) is 11.0. The van der Waals surface area contributed by atoms with Crippen molar-refractivity contribution in [2.24, 2.45) is 5.92 Å². The lowest BCUT2D eigenvalue weighted by Crippen LogP contribution is -2.49. The van der Waals surface area contributed by atoms with Crippen LogP contribution in [0.2, 0.25) is 0 Å². The molecule has 2 fully saturated rings. The van der Waals surface area contributed by atoms with Crippen LogP contribution in [0.1, 0.15) is 51.4 Å². The number of carbonyl (C=O) groups is 1. The highest BCUT2D eigenvalue weighted by Gasteiger charge is 2.45. The van der Waals surface area contributed by atoms with Gasteiger partial charge in [0.25, 0.3) is 0 Å². The van der Waals surface area contributed by atoms with Crippen molar-refractivity contribution < 1.29 is 19.4 Å². The van der Waals surface area contributed by atoms with Crippen molar-refractivity contribution in [3.63, 3.8) is 0 Å². The molecule has 0 radical (unpaired) electrons. The minimum atomic E-state index is -1.32. The lowest BCUT2D eigenvalue weighted by molar-refractivity contribution is -0.182. The predicted octanol–water partition coefficient (Wildman–Crippen LogP) is 2.04. The second kappa shape index (κ2) is 6.53. The van der Waals surface area contributed by atoms with Crippen molar-refractivity contribution in [3.05, 3.63) is 0 Å². The Hall–Kier alpha value is -0.610. The lowest BCUT2D eigenvalue weighted by Gasteiger charge is -2.36. The fraction of sp³-hybridized carbons (Fsp3) is 0.929. The van der Waals surface area contributed by atoms with Gasteiger partial charge in [0, 0.05) is 6.42 Å². The number of esters is 1. The molecule has 2 rings (SSSR count). The van der Waals surface area contributed by atoms with Crippen LogP contribution in [0.3, 0.4) is 0 Å². The average molecular weight is 256 g/mol. The van der Waals surface area contributed by atoms with Gasteiger partial charge < -0.3 is 14.6 Å². The maximum atomic E-state index is 12.1. The van der Waals surface area contributed by atoms with Crippen molar-refractivity contribution >= 4 is 5.97 Å². The van der Waals surface area contributed by atoms with E-state index in [9.17, 15) is 9.90 Å². The van der Waals surface area contributed by atoms with Crippen LogP contribution in [0, 0.1) is 5.92 Å². The lowest BCUT2D eigenvalue weighted by atomic mass is 9.77.